The Morgan fingerprint density at radius 1 is 0.857 bits per heavy atom. The van der Waals surface area contributed by atoms with Gasteiger partial charge >= 0.3 is 0 Å². The van der Waals surface area contributed by atoms with Gasteiger partial charge in [-0.25, -0.2) is 8.78 Å². The number of hydrogen-bond acceptors (Lipinski definition) is 2. The zero-order valence-corrected chi connectivity index (χ0v) is 25.2. The average molecular weight is 570 g/mol. The summed E-state index contributed by atoms with van der Waals surface area (Å²) in [5.74, 6) is -0.157. The topological polar surface area (TPSA) is 31.2 Å². The Hall–Kier alpha value is -4.09. The molecule has 0 saturated carbocycles. The summed E-state index contributed by atoms with van der Waals surface area (Å²) in [6.45, 7) is 13.3. The fourth-order valence-electron chi connectivity index (χ4n) is 4.88. The van der Waals surface area contributed by atoms with Crippen LogP contribution in [0.15, 0.2) is 97.1 Å². The van der Waals surface area contributed by atoms with Crippen molar-refractivity contribution in [1.29, 1.82) is 0 Å². The van der Waals surface area contributed by atoms with Crippen molar-refractivity contribution in [2.45, 2.75) is 53.2 Å². The number of halogens is 2. The molecule has 0 N–H and O–H groups in total. The molecule has 0 bridgehead atoms. The van der Waals surface area contributed by atoms with E-state index in [0.29, 0.717) is 23.8 Å². The molecule has 3 aromatic carbocycles. The van der Waals surface area contributed by atoms with Gasteiger partial charge in [0.2, 0.25) is 0 Å². The van der Waals surface area contributed by atoms with Gasteiger partial charge in [-0.05, 0) is 73.2 Å². The van der Waals surface area contributed by atoms with Crippen LogP contribution in [0.5, 0.6) is 0 Å². The lowest BCUT2D eigenvalue weighted by Gasteiger charge is -2.14. The van der Waals surface area contributed by atoms with Crippen molar-refractivity contribution in [2.75, 3.05) is 7.11 Å². The molecule has 0 aliphatic rings. The second-order valence-electron chi connectivity index (χ2n) is 10.7. The summed E-state index contributed by atoms with van der Waals surface area (Å²) in [6, 6.07) is 22.4. The molecule has 0 radical (unpaired) electrons. The molecule has 4 aromatic rings. The maximum atomic E-state index is 13.7. The third-order valence-electron chi connectivity index (χ3n) is 7.11. The highest BCUT2D eigenvalue weighted by molar-refractivity contribution is 5.99. The van der Waals surface area contributed by atoms with Gasteiger partial charge in [0.1, 0.15) is 11.6 Å². The van der Waals surface area contributed by atoms with Crippen molar-refractivity contribution >= 4 is 12.4 Å². The molecule has 42 heavy (non-hydrogen) atoms. The number of allylic oxidation sites excluding steroid dienone is 2. The van der Waals surface area contributed by atoms with Crippen LogP contribution in [0.2, 0.25) is 0 Å². The molecular formula is C37H41F2NO2. The molecule has 1 aromatic heterocycles. The van der Waals surface area contributed by atoms with Crippen molar-refractivity contribution in [3.8, 4) is 22.3 Å². The number of nitrogens with zero attached hydrogens (tertiary/aromatic N) is 1. The summed E-state index contributed by atoms with van der Waals surface area (Å²) in [6.07, 6.45) is 6.78. The van der Waals surface area contributed by atoms with Crippen LogP contribution in [-0.2, 0) is 11.3 Å². The molecule has 0 saturated heterocycles. The maximum absolute atomic E-state index is 13.7. The number of carbonyl (C=O) groups excluding carboxylic acids is 1. The van der Waals surface area contributed by atoms with Crippen molar-refractivity contribution in [3.05, 3.63) is 126 Å². The first-order chi connectivity index (χ1) is 20.2. The Morgan fingerprint density at radius 3 is 1.83 bits per heavy atom. The third-order valence-corrected chi connectivity index (χ3v) is 7.11. The second-order valence-corrected chi connectivity index (χ2v) is 10.7. The summed E-state index contributed by atoms with van der Waals surface area (Å²) in [4.78, 5) is 12.4. The van der Waals surface area contributed by atoms with Gasteiger partial charge in [-0.2, -0.15) is 0 Å². The number of methoxy groups -OCH3 is 1. The Morgan fingerprint density at radius 2 is 1.38 bits per heavy atom. The van der Waals surface area contributed by atoms with Crippen LogP contribution in [0.3, 0.4) is 0 Å². The quantitative estimate of drug-likeness (QED) is 0.133. The number of ether oxygens (including phenoxy) is 1. The van der Waals surface area contributed by atoms with Gasteiger partial charge in [0, 0.05) is 24.3 Å². The van der Waals surface area contributed by atoms with E-state index in [0.717, 1.165) is 47.1 Å². The van der Waals surface area contributed by atoms with Gasteiger partial charge in [0.15, 0.2) is 6.29 Å². The van der Waals surface area contributed by atoms with E-state index in [1.165, 1.54) is 29.8 Å². The SMILES string of the molecule is C=C(/C=C/c1c(-c2ccc(F)cc2)c(-c2ccc(F)cc2)c(C=O)n1C(C)C)CC(C)CC.COCc1ccccc1. The van der Waals surface area contributed by atoms with Gasteiger partial charge in [-0.3, -0.25) is 4.79 Å². The first kappa shape index (κ1) is 32.4. The Kier molecular flexibility index (Phi) is 12.2. The van der Waals surface area contributed by atoms with Gasteiger partial charge in [-0.1, -0.05) is 93.1 Å². The number of benzene rings is 3. The maximum Gasteiger partial charge on any atom is 0.167 e. The Balaban J connectivity index is 0.000000458. The minimum absolute atomic E-state index is 0.0129. The van der Waals surface area contributed by atoms with E-state index in [4.69, 9.17) is 4.74 Å². The van der Waals surface area contributed by atoms with Crippen molar-refractivity contribution in [3.63, 3.8) is 0 Å². The molecular weight excluding hydrogens is 528 g/mol. The molecule has 1 unspecified atom stereocenters. The lowest BCUT2D eigenvalue weighted by Crippen LogP contribution is -2.07. The summed E-state index contributed by atoms with van der Waals surface area (Å²) in [7, 11) is 1.70. The van der Waals surface area contributed by atoms with Crippen molar-refractivity contribution in [2.24, 2.45) is 5.92 Å². The largest absolute Gasteiger partial charge is 0.380 e. The molecule has 4 rings (SSSR count). The van der Waals surface area contributed by atoms with Crippen LogP contribution in [0.1, 0.15) is 68.3 Å². The summed E-state index contributed by atoms with van der Waals surface area (Å²) in [5.41, 5.74) is 6.59. The van der Waals surface area contributed by atoms with E-state index >= 15 is 0 Å². The first-order valence-electron chi connectivity index (χ1n) is 14.3. The average Bonchev–Trinajstić information content (AvgIpc) is 3.32. The highest BCUT2D eigenvalue weighted by Crippen LogP contribution is 2.42. The van der Waals surface area contributed by atoms with Crippen LogP contribution in [0.4, 0.5) is 8.78 Å². The van der Waals surface area contributed by atoms with Crippen molar-refractivity contribution < 1.29 is 18.3 Å². The molecule has 220 valence electrons. The number of carbonyl (C=O) groups is 1. The molecule has 5 heteroatoms. The molecule has 1 heterocycles. The predicted molar refractivity (Wildman–Crippen MR) is 170 cm³/mol. The summed E-state index contributed by atoms with van der Waals surface area (Å²) < 4.78 is 34.3. The van der Waals surface area contributed by atoms with E-state index < -0.39 is 0 Å². The molecule has 3 nitrogen and oxygen atoms in total. The van der Waals surface area contributed by atoms with E-state index in [1.54, 1.807) is 31.4 Å². The lowest BCUT2D eigenvalue weighted by molar-refractivity contribution is 0.111. The standard InChI is InChI=1S/C29H31F2NO.C8H10O/c1-6-20(4)17-21(5)7-16-26-28(22-8-12-24(30)13-9-22)29(23-10-14-25(31)15-11-23)27(18-33)32(26)19(2)3;1-9-7-8-5-3-2-4-6-8/h7-16,18-20H,5-6,17H2,1-4H3;2-6H,7H2,1H3/b16-7+;. The third kappa shape index (κ3) is 8.46. The minimum Gasteiger partial charge on any atom is -0.380 e. The predicted octanol–water partition coefficient (Wildman–Crippen LogP) is 10.3. The van der Waals surface area contributed by atoms with Crippen LogP contribution in [0, 0.1) is 17.6 Å². The van der Waals surface area contributed by atoms with Crippen LogP contribution in [0.25, 0.3) is 28.3 Å². The van der Waals surface area contributed by atoms with Crippen LogP contribution in [-0.4, -0.2) is 18.0 Å². The number of aromatic nitrogens is 1. The molecule has 0 spiro atoms. The Labute approximate surface area is 249 Å². The summed E-state index contributed by atoms with van der Waals surface area (Å²) >= 11 is 0. The number of aldehydes is 1. The van der Waals surface area contributed by atoms with E-state index in [9.17, 15) is 13.6 Å². The zero-order chi connectivity index (χ0) is 30.6. The van der Waals surface area contributed by atoms with Crippen LogP contribution < -0.4 is 0 Å². The fourth-order valence-corrected chi connectivity index (χ4v) is 4.88. The van der Waals surface area contributed by atoms with E-state index in [2.05, 4.69) is 20.4 Å². The molecule has 0 aliphatic heterocycles. The monoisotopic (exact) mass is 569 g/mol. The first-order valence-corrected chi connectivity index (χ1v) is 14.3. The zero-order valence-electron chi connectivity index (χ0n) is 25.2. The minimum atomic E-state index is -0.348. The van der Waals surface area contributed by atoms with Gasteiger partial charge < -0.3 is 9.30 Å². The second kappa shape index (κ2) is 15.8. The molecule has 0 aliphatic carbocycles. The fraction of sp³-hybridized carbons (Fsp3) is 0.270. The highest BCUT2D eigenvalue weighted by Gasteiger charge is 2.25. The summed E-state index contributed by atoms with van der Waals surface area (Å²) in [5, 5.41) is 0. The Bertz CT molecular complexity index is 1470. The van der Waals surface area contributed by atoms with E-state index in [1.807, 2.05) is 60.9 Å². The van der Waals surface area contributed by atoms with Gasteiger partial charge in [0.25, 0.3) is 0 Å². The highest BCUT2D eigenvalue weighted by atomic mass is 19.1. The smallest absolute Gasteiger partial charge is 0.167 e. The molecule has 1 atom stereocenters. The molecule has 0 fully saturated rings. The number of hydrogen-bond donors (Lipinski definition) is 0. The number of rotatable bonds is 11. The lowest BCUT2D eigenvalue weighted by atomic mass is 9.94. The molecule has 0 amide bonds. The van der Waals surface area contributed by atoms with Crippen molar-refractivity contribution in [1.82, 2.24) is 4.57 Å². The van der Waals surface area contributed by atoms with E-state index in [-0.39, 0.29) is 17.7 Å². The van der Waals surface area contributed by atoms with Gasteiger partial charge in [0.05, 0.1) is 18.0 Å². The van der Waals surface area contributed by atoms with Gasteiger partial charge in [-0.15, -0.1) is 0 Å². The van der Waals surface area contributed by atoms with Crippen LogP contribution >= 0.6 is 0 Å². The normalized spacial score (nSPS) is 11.8.